The lowest BCUT2D eigenvalue weighted by molar-refractivity contribution is 0.0600. The predicted molar refractivity (Wildman–Crippen MR) is 126 cm³/mol. The number of rotatable bonds is 7. The van der Waals surface area contributed by atoms with E-state index in [1.807, 2.05) is 0 Å². The van der Waals surface area contributed by atoms with Crippen molar-refractivity contribution in [2.75, 3.05) is 30.9 Å². The lowest BCUT2D eigenvalue weighted by atomic mass is 10.1. The van der Waals surface area contributed by atoms with E-state index in [-0.39, 0.29) is 26.7 Å². The quantitative estimate of drug-likeness (QED) is 0.500. The third-order valence-electron chi connectivity index (χ3n) is 4.85. The normalized spacial score (nSPS) is 10.9. The van der Waals surface area contributed by atoms with Crippen LogP contribution in [0.15, 0.2) is 71.6 Å². The molecule has 3 aromatic rings. The number of sulfonamides is 1. The number of methoxy groups -OCH3 is 2. The van der Waals surface area contributed by atoms with Crippen molar-refractivity contribution in [3.05, 3.63) is 82.9 Å². The van der Waals surface area contributed by atoms with E-state index in [9.17, 15) is 18.0 Å². The minimum Gasteiger partial charge on any atom is -0.497 e. The zero-order chi connectivity index (χ0) is 24.2. The summed E-state index contributed by atoms with van der Waals surface area (Å²) < 4.78 is 36.6. The van der Waals surface area contributed by atoms with Crippen LogP contribution < -0.4 is 14.4 Å². The second-order valence-electron chi connectivity index (χ2n) is 6.84. The summed E-state index contributed by atoms with van der Waals surface area (Å²) in [7, 11) is 0.369. The molecule has 172 valence electrons. The molecule has 1 amide bonds. The molecule has 0 heterocycles. The van der Waals surface area contributed by atoms with Crippen molar-refractivity contribution in [1.82, 2.24) is 0 Å². The zero-order valence-electron chi connectivity index (χ0n) is 18.0. The molecule has 8 nitrogen and oxygen atoms in total. The summed E-state index contributed by atoms with van der Waals surface area (Å²) in [5.74, 6) is -0.497. The first-order valence-corrected chi connectivity index (χ1v) is 11.4. The van der Waals surface area contributed by atoms with Gasteiger partial charge < -0.3 is 14.8 Å². The molecule has 0 spiro atoms. The summed E-state index contributed by atoms with van der Waals surface area (Å²) in [6.07, 6.45) is 0. The van der Waals surface area contributed by atoms with Crippen LogP contribution in [0.4, 0.5) is 11.4 Å². The lowest BCUT2D eigenvalue weighted by Gasteiger charge is -2.20. The van der Waals surface area contributed by atoms with E-state index in [2.05, 4.69) is 10.1 Å². The fraction of sp³-hybridized carbons (Fsp3) is 0.130. The highest BCUT2D eigenvalue weighted by Crippen LogP contribution is 2.26. The Bertz CT molecular complexity index is 1280. The SMILES string of the molecule is COC(=O)c1ccc(Cl)c(NC(=O)c2ccc(N(C)S(=O)(=O)c3ccc(OC)cc3)cc2)c1. The van der Waals surface area contributed by atoms with E-state index >= 15 is 0 Å². The Morgan fingerprint density at radius 1 is 0.909 bits per heavy atom. The van der Waals surface area contributed by atoms with Crippen LogP contribution in [0.5, 0.6) is 5.75 Å². The first-order chi connectivity index (χ1) is 15.7. The van der Waals surface area contributed by atoms with Crippen molar-refractivity contribution in [1.29, 1.82) is 0 Å². The van der Waals surface area contributed by atoms with Crippen LogP contribution in [0.25, 0.3) is 0 Å². The second kappa shape index (κ2) is 9.93. The van der Waals surface area contributed by atoms with Gasteiger partial charge in [0.05, 0.1) is 41.1 Å². The maximum absolute atomic E-state index is 12.9. The van der Waals surface area contributed by atoms with Crippen molar-refractivity contribution in [3.8, 4) is 5.75 Å². The van der Waals surface area contributed by atoms with Crippen LogP contribution in [-0.4, -0.2) is 41.6 Å². The van der Waals surface area contributed by atoms with Gasteiger partial charge in [-0.15, -0.1) is 0 Å². The standard InChI is InChI=1S/C23H21ClN2O6S/c1-26(33(29,30)19-11-9-18(31-2)10-12-19)17-7-4-15(5-8-17)22(27)25-21-14-16(23(28)32-3)6-13-20(21)24/h4-14H,1-3H3,(H,25,27). The molecule has 0 aliphatic rings. The fourth-order valence-electron chi connectivity index (χ4n) is 2.93. The summed E-state index contributed by atoms with van der Waals surface area (Å²) in [6.45, 7) is 0. The van der Waals surface area contributed by atoms with Crippen molar-refractivity contribution >= 4 is 44.9 Å². The first kappa shape index (κ1) is 24.1. The highest BCUT2D eigenvalue weighted by atomic mass is 35.5. The van der Waals surface area contributed by atoms with E-state index in [0.717, 1.165) is 4.31 Å². The number of hydrogen-bond acceptors (Lipinski definition) is 6. The average Bonchev–Trinajstić information content (AvgIpc) is 2.84. The molecule has 0 atom stereocenters. The Morgan fingerprint density at radius 3 is 2.09 bits per heavy atom. The average molecular weight is 489 g/mol. The number of nitrogens with one attached hydrogen (secondary N) is 1. The number of halogens is 1. The molecule has 1 N–H and O–H groups in total. The Balaban J connectivity index is 1.78. The number of amides is 1. The van der Waals surface area contributed by atoms with Crippen LogP contribution in [0.1, 0.15) is 20.7 Å². The van der Waals surface area contributed by atoms with Gasteiger partial charge >= 0.3 is 5.97 Å². The van der Waals surface area contributed by atoms with E-state index in [0.29, 0.717) is 11.4 Å². The Kier molecular flexibility index (Phi) is 7.25. The molecule has 0 aromatic heterocycles. The molecule has 10 heteroatoms. The summed E-state index contributed by atoms with van der Waals surface area (Å²) in [5.41, 5.74) is 1.12. The minimum absolute atomic E-state index is 0.104. The molecule has 0 bridgehead atoms. The van der Waals surface area contributed by atoms with Gasteiger partial charge in [-0.3, -0.25) is 9.10 Å². The largest absolute Gasteiger partial charge is 0.497 e. The van der Waals surface area contributed by atoms with Gasteiger partial charge in [0, 0.05) is 12.6 Å². The maximum Gasteiger partial charge on any atom is 0.337 e. The fourth-order valence-corrected chi connectivity index (χ4v) is 4.29. The van der Waals surface area contributed by atoms with E-state index in [1.165, 1.54) is 75.9 Å². The van der Waals surface area contributed by atoms with E-state index in [4.69, 9.17) is 16.3 Å². The first-order valence-electron chi connectivity index (χ1n) is 9.59. The van der Waals surface area contributed by atoms with Gasteiger partial charge in [-0.2, -0.15) is 0 Å². The van der Waals surface area contributed by atoms with Gasteiger partial charge in [-0.25, -0.2) is 13.2 Å². The van der Waals surface area contributed by atoms with Gasteiger partial charge in [-0.05, 0) is 66.7 Å². The molecule has 0 saturated carbocycles. The molecule has 0 radical (unpaired) electrons. The highest BCUT2D eigenvalue weighted by molar-refractivity contribution is 7.92. The van der Waals surface area contributed by atoms with Gasteiger partial charge in [0.15, 0.2) is 0 Å². The van der Waals surface area contributed by atoms with Crippen molar-refractivity contribution in [2.24, 2.45) is 0 Å². The molecule has 0 saturated heterocycles. The van der Waals surface area contributed by atoms with Gasteiger partial charge in [-0.1, -0.05) is 11.6 Å². The molecule has 3 rings (SSSR count). The highest BCUT2D eigenvalue weighted by Gasteiger charge is 2.22. The predicted octanol–water partition coefficient (Wildman–Crippen LogP) is 4.21. The molecule has 0 aliphatic carbocycles. The Labute approximate surface area is 196 Å². The molecule has 0 aliphatic heterocycles. The van der Waals surface area contributed by atoms with Crippen LogP contribution in [0, 0.1) is 0 Å². The zero-order valence-corrected chi connectivity index (χ0v) is 19.6. The van der Waals surface area contributed by atoms with Crippen LogP contribution in [-0.2, 0) is 14.8 Å². The third-order valence-corrected chi connectivity index (χ3v) is 6.98. The number of hydrogen-bond donors (Lipinski definition) is 1. The molecule has 33 heavy (non-hydrogen) atoms. The van der Waals surface area contributed by atoms with Crippen molar-refractivity contribution < 1.29 is 27.5 Å². The third kappa shape index (κ3) is 5.27. The van der Waals surface area contributed by atoms with Crippen molar-refractivity contribution in [2.45, 2.75) is 4.90 Å². The van der Waals surface area contributed by atoms with Crippen molar-refractivity contribution in [3.63, 3.8) is 0 Å². The molecular formula is C23H21ClN2O6S. The Hall–Kier alpha value is -3.56. The number of benzene rings is 3. The summed E-state index contributed by atoms with van der Waals surface area (Å²) >= 11 is 6.12. The summed E-state index contributed by atoms with van der Waals surface area (Å²) in [4.78, 5) is 24.5. The summed E-state index contributed by atoms with van der Waals surface area (Å²) in [5, 5.41) is 2.89. The van der Waals surface area contributed by atoms with E-state index in [1.54, 1.807) is 12.1 Å². The number of carbonyl (C=O) groups is 2. The molecule has 0 fully saturated rings. The lowest BCUT2D eigenvalue weighted by Crippen LogP contribution is -2.26. The smallest absolute Gasteiger partial charge is 0.337 e. The van der Waals surface area contributed by atoms with Gasteiger partial charge in [0.2, 0.25) is 0 Å². The minimum atomic E-state index is -3.80. The van der Waals surface area contributed by atoms with E-state index < -0.39 is 21.9 Å². The topological polar surface area (TPSA) is 102 Å². The van der Waals surface area contributed by atoms with Crippen LogP contribution in [0.2, 0.25) is 5.02 Å². The maximum atomic E-state index is 12.9. The Morgan fingerprint density at radius 2 is 1.52 bits per heavy atom. The molecule has 0 unspecified atom stereocenters. The molecular weight excluding hydrogens is 468 g/mol. The number of nitrogens with zero attached hydrogens (tertiary/aromatic N) is 1. The van der Waals surface area contributed by atoms with Crippen LogP contribution >= 0.6 is 11.6 Å². The number of ether oxygens (including phenoxy) is 2. The summed E-state index contributed by atoms with van der Waals surface area (Å²) in [6, 6.07) is 16.4. The van der Waals surface area contributed by atoms with Crippen LogP contribution in [0.3, 0.4) is 0 Å². The molecule has 3 aromatic carbocycles. The van der Waals surface area contributed by atoms with Gasteiger partial charge in [0.25, 0.3) is 15.9 Å². The number of esters is 1. The number of anilines is 2. The number of carbonyl (C=O) groups excluding carboxylic acids is 2. The monoisotopic (exact) mass is 488 g/mol. The van der Waals surface area contributed by atoms with Gasteiger partial charge in [0.1, 0.15) is 5.75 Å². The second-order valence-corrected chi connectivity index (χ2v) is 9.21.